The normalized spacial score (nSPS) is 9.50. The fourth-order valence-electron chi connectivity index (χ4n) is 0.915. The number of amides is 1. The van der Waals surface area contributed by atoms with Crippen molar-refractivity contribution in [3.8, 4) is 5.75 Å². The molecule has 1 aromatic carbocycles. The number of hydrogen-bond acceptors (Lipinski definition) is 3. The van der Waals surface area contributed by atoms with Gasteiger partial charge < -0.3 is 15.5 Å². The first-order valence-corrected chi connectivity index (χ1v) is 4.09. The predicted octanol–water partition coefficient (Wildman–Crippen LogP) is 0.969. The van der Waals surface area contributed by atoms with E-state index in [9.17, 15) is 9.59 Å². The number of phenolic OH excluding ortho intramolecular Hbond substituents is 1. The molecule has 0 saturated heterocycles. The van der Waals surface area contributed by atoms with Crippen LogP contribution in [0, 0.1) is 0 Å². The summed E-state index contributed by atoms with van der Waals surface area (Å²) >= 11 is 0. The first-order valence-electron chi connectivity index (χ1n) is 4.09. The van der Waals surface area contributed by atoms with Crippen LogP contribution in [0.3, 0.4) is 0 Å². The molecule has 0 bridgehead atoms. The van der Waals surface area contributed by atoms with Gasteiger partial charge in [0.2, 0.25) is 5.91 Å². The van der Waals surface area contributed by atoms with Crippen LogP contribution < -0.4 is 5.32 Å². The number of carboxylic acids is 1. The Kier molecular flexibility index (Phi) is 5.90. The smallest absolute Gasteiger partial charge is 0.328 e. The number of carboxylic acid groups (broad SMARTS) is 1. The van der Waals surface area contributed by atoms with E-state index in [1.165, 1.54) is 12.1 Å². The molecule has 0 aliphatic rings. The second kappa shape index (κ2) is 6.65. The zero-order valence-electron chi connectivity index (χ0n) is 8.01. The van der Waals surface area contributed by atoms with E-state index in [-0.39, 0.29) is 22.5 Å². The van der Waals surface area contributed by atoms with E-state index >= 15 is 0 Å². The average Bonchev–Trinajstić information content (AvgIpc) is 2.15. The van der Waals surface area contributed by atoms with Crippen molar-refractivity contribution in [2.45, 2.75) is 0 Å². The molecule has 1 rings (SSSR count). The van der Waals surface area contributed by atoms with Crippen molar-refractivity contribution in [3.63, 3.8) is 0 Å². The van der Waals surface area contributed by atoms with E-state index in [0.29, 0.717) is 5.69 Å². The Morgan fingerprint density at radius 3 is 2.50 bits per heavy atom. The summed E-state index contributed by atoms with van der Waals surface area (Å²) in [6.07, 6.45) is 1.63. The van der Waals surface area contributed by atoms with Gasteiger partial charge in [-0.25, -0.2) is 4.79 Å². The van der Waals surface area contributed by atoms with Crippen LogP contribution in [0.25, 0.3) is 0 Å². The van der Waals surface area contributed by atoms with Crippen LogP contribution in [0.1, 0.15) is 0 Å². The Bertz CT molecular complexity index is 417. The van der Waals surface area contributed by atoms with Gasteiger partial charge in [-0.05, 0) is 12.1 Å². The van der Waals surface area contributed by atoms with Crippen LogP contribution in [0.15, 0.2) is 36.4 Å². The van der Waals surface area contributed by atoms with Crippen LogP contribution in [0.2, 0.25) is 0 Å². The SMILES string of the molecule is O=C(O)/C=C\C(=O)Nc1cccc(O)c1.[Co]. The van der Waals surface area contributed by atoms with Crippen LogP contribution in [-0.4, -0.2) is 22.1 Å². The molecular weight excluding hydrogens is 257 g/mol. The molecule has 16 heavy (non-hydrogen) atoms. The van der Waals surface area contributed by atoms with Crippen LogP contribution in [0.4, 0.5) is 5.69 Å². The van der Waals surface area contributed by atoms with Crippen molar-refractivity contribution < 1.29 is 36.6 Å². The molecule has 0 aromatic heterocycles. The number of carbonyl (C=O) groups excluding carboxylic acids is 1. The standard InChI is InChI=1S/C10H9NO4.Co/c12-8-3-1-2-7(6-8)11-9(13)4-5-10(14)15;/h1-6,12H,(H,11,13)(H,14,15);/b5-4-;. The van der Waals surface area contributed by atoms with E-state index in [1.807, 2.05) is 0 Å². The molecule has 0 heterocycles. The third-order valence-electron chi connectivity index (χ3n) is 1.49. The van der Waals surface area contributed by atoms with Crippen LogP contribution in [-0.2, 0) is 26.4 Å². The molecule has 0 aliphatic heterocycles. The minimum atomic E-state index is -1.19. The number of nitrogens with one attached hydrogen (secondary N) is 1. The molecule has 6 heteroatoms. The summed E-state index contributed by atoms with van der Waals surface area (Å²) < 4.78 is 0. The molecule has 5 nitrogen and oxygen atoms in total. The zero-order chi connectivity index (χ0) is 11.3. The molecule has 0 unspecified atom stereocenters. The van der Waals surface area contributed by atoms with E-state index in [4.69, 9.17) is 10.2 Å². The summed E-state index contributed by atoms with van der Waals surface area (Å²) in [5.41, 5.74) is 0.398. The first kappa shape index (κ1) is 14.2. The Balaban J connectivity index is 0.00000225. The molecule has 0 saturated carbocycles. The van der Waals surface area contributed by atoms with Crippen molar-refractivity contribution in [2.75, 3.05) is 5.32 Å². The van der Waals surface area contributed by atoms with E-state index in [2.05, 4.69) is 5.32 Å². The number of benzene rings is 1. The molecule has 1 radical (unpaired) electrons. The minimum Gasteiger partial charge on any atom is -0.508 e. The summed E-state index contributed by atoms with van der Waals surface area (Å²) in [6, 6.07) is 5.95. The molecular formula is C10H9CoNO4. The largest absolute Gasteiger partial charge is 0.508 e. The van der Waals surface area contributed by atoms with E-state index in [1.54, 1.807) is 12.1 Å². The van der Waals surface area contributed by atoms with Gasteiger partial charge in [-0.15, -0.1) is 0 Å². The second-order valence-electron chi connectivity index (χ2n) is 2.71. The van der Waals surface area contributed by atoms with Gasteiger partial charge in [-0.2, -0.15) is 0 Å². The van der Waals surface area contributed by atoms with Gasteiger partial charge in [0, 0.05) is 40.7 Å². The molecule has 0 aliphatic carbocycles. The van der Waals surface area contributed by atoms with Gasteiger partial charge in [0.15, 0.2) is 0 Å². The number of carbonyl (C=O) groups is 2. The number of hydrogen-bond donors (Lipinski definition) is 3. The third kappa shape index (κ3) is 5.18. The second-order valence-corrected chi connectivity index (χ2v) is 2.71. The van der Waals surface area contributed by atoms with Gasteiger partial charge >= 0.3 is 5.97 Å². The maximum Gasteiger partial charge on any atom is 0.328 e. The molecule has 0 fully saturated rings. The van der Waals surface area contributed by atoms with Crippen molar-refractivity contribution in [3.05, 3.63) is 36.4 Å². The molecule has 0 atom stereocenters. The van der Waals surface area contributed by atoms with E-state index < -0.39 is 11.9 Å². The monoisotopic (exact) mass is 266 g/mol. The molecule has 0 spiro atoms. The Morgan fingerprint density at radius 2 is 1.94 bits per heavy atom. The maximum absolute atomic E-state index is 11.1. The zero-order valence-corrected chi connectivity index (χ0v) is 9.05. The minimum absolute atomic E-state index is 0. The number of phenols is 1. The summed E-state index contributed by atoms with van der Waals surface area (Å²) in [6.45, 7) is 0. The van der Waals surface area contributed by atoms with E-state index in [0.717, 1.165) is 12.2 Å². The Morgan fingerprint density at radius 1 is 1.25 bits per heavy atom. The number of anilines is 1. The van der Waals surface area contributed by atoms with Gasteiger partial charge in [-0.1, -0.05) is 6.07 Å². The van der Waals surface area contributed by atoms with Gasteiger partial charge in [0.1, 0.15) is 5.75 Å². The number of rotatable bonds is 3. The summed E-state index contributed by atoms with van der Waals surface area (Å²) in [7, 11) is 0. The molecule has 1 amide bonds. The molecule has 87 valence electrons. The van der Waals surface area contributed by atoms with Gasteiger partial charge in [0.05, 0.1) is 0 Å². The van der Waals surface area contributed by atoms with Crippen molar-refractivity contribution in [2.24, 2.45) is 0 Å². The number of aliphatic carboxylic acids is 1. The predicted molar refractivity (Wildman–Crippen MR) is 53.5 cm³/mol. The fraction of sp³-hybridized carbons (Fsp3) is 0. The number of aromatic hydroxyl groups is 1. The molecule has 1 aromatic rings. The van der Waals surface area contributed by atoms with Crippen molar-refractivity contribution >= 4 is 17.6 Å². The summed E-state index contributed by atoms with van der Waals surface area (Å²) in [4.78, 5) is 21.2. The Labute approximate surface area is 102 Å². The Hall–Kier alpha value is -1.79. The fourth-order valence-corrected chi connectivity index (χ4v) is 0.915. The first-order chi connectivity index (χ1) is 7.08. The van der Waals surface area contributed by atoms with Crippen LogP contribution >= 0.6 is 0 Å². The average molecular weight is 266 g/mol. The van der Waals surface area contributed by atoms with Crippen molar-refractivity contribution in [1.82, 2.24) is 0 Å². The van der Waals surface area contributed by atoms with Crippen LogP contribution in [0.5, 0.6) is 5.75 Å². The third-order valence-corrected chi connectivity index (χ3v) is 1.49. The van der Waals surface area contributed by atoms with Gasteiger partial charge in [0.25, 0.3) is 0 Å². The van der Waals surface area contributed by atoms with Gasteiger partial charge in [-0.3, -0.25) is 4.79 Å². The quantitative estimate of drug-likeness (QED) is 0.711. The maximum atomic E-state index is 11.1. The summed E-state index contributed by atoms with van der Waals surface area (Å²) in [5.74, 6) is -1.74. The summed E-state index contributed by atoms with van der Waals surface area (Å²) in [5, 5.41) is 19.7. The topological polar surface area (TPSA) is 86.6 Å². The molecule has 3 N–H and O–H groups in total. The van der Waals surface area contributed by atoms with Crippen molar-refractivity contribution in [1.29, 1.82) is 0 Å².